The summed E-state index contributed by atoms with van der Waals surface area (Å²) in [5, 5.41) is 0. The van der Waals surface area contributed by atoms with Gasteiger partial charge < -0.3 is 9.47 Å². The van der Waals surface area contributed by atoms with Gasteiger partial charge in [0.1, 0.15) is 11.6 Å². The maximum absolute atomic E-state index is 13.9. The molecule has 0 bridgehead atoms. The number of rotatable bonds is 10. The molecule has 0 fully saturated rings. The molecule has 1 atom stereocenters. The highest BCUT2D eigenvalue weighted by molar-refractivity contribution is 6.13. The van der Waals surface area contributed by atoms with Crippen molar-refractivity contribution in [1.29, 1.82) is 0 Å². The van der Waals surface area contributed by atoms with Crippen molar-refractivity contribution in [1.82, 2.24) is 0 Å². The molecule has 204 valence electrons. The molecule has 0 aliphatic rings. The first-order chi connectivity index (χ1) is 19.3. The van der Waals surface area contributed by atoms with E-state index in [4.69, 9.17) is 14.5 Å². The predicted octanol–water partition coefficient (Wildman–Crippen LogP) is 7.35. The van der Waals surface area contributed by atoms with Gasteiger partial charge >= 0.3 is 11.9 Å². The van der Waals surface area contributed by atoms with Gasteiger partial charge in [-0.1, -0.05) is 121 Å². The molecule has 0 amide bonds. The number of benzene rings is 4. The van der Waals surface area contributed by atoms with Gasteiger partial charge in [-0.2, -0.15) is 0 Å². The number of carbonyl (C=O) groups excluding carboxylic acids is 2. The molecule has 0 saturated carbocycles. The molecule has 0 aromatic heterocycles. The third-order valence-electron chi connectivity index (χ3n) is 6.13. The van der Waals surface area contributed by atoms with E-state index in [0.29, 0.717) is 5.71 Å². The molecular weight excluding hydrogens is 498 g/mol. The van der Waals surface area contributed by atoms with Gasteiger partial charge in [-0.05, 0) is 38.3 Å². The molecule has 0 heterocycles. The Balaban J connectivity index is 1.71. The standard InChI is InChI=1S/C35H35NO4/c1-35(2,3)40-31(37)25-24-30(36-32(26-16-8-4-9-17-26)27-18-10-5-11-19-27)34(38)39-33(28-20-12-6-13-21-28)29-22-14-7-15-23-29/h4-23,30,33H,24-25H2,1-3H3/t30-/m0/s1. The summed E-state index contributed by atoms with van der Waals surface area (Å²) in [6.45, 7) is 5.46. The molecule has 0 aliphatic carbocycles. The van der Waals surface area contributed by atoms with Crippen molar-refractivity contribution in [2.24, 2.45) is 4.99 Å². The summed E-state index contributed by atoms with van der Waals surface area (Å²) in [6, 6.07) is 37.7. The summed E-state index contributed by atoms with van der Waals surface area (Å²) in [6.07, 6.45) is -0.447. The minimum atomic E-state index is -0.933. The molecule has 0 aliphatic heterocycles. The average molecular weight is 534 g/mol. The van der Waals surface area contributed by atoms with Gasteiger partial charge in [-0.15, -0.1) is 0 Å². The van der Waals surface area contributed by atoms with Gasteiger partial charge in [0.05, 0.1) is 5.71 Å². The highest BCUT2D eigenvalue weighted by atomic mass is 16.6. The van der Waals surface area contributed by atoms with Crippen molar-refractivity contribution >= 4 is 17.7 Å². The van der Waals surface area contributed by atoms with E-state index >= 15 is 0 Å². The Hall–Kier alpha value is -4.51. The number of ether oxygens (including phenoxy) is 2. The molecule has 4 aromatic carbocycles. The highest BCUT2D eigenvalue weighted by Gasteiger charge is 2.28. The van der Waals surface area contributed by atoms with Gasteiger partial charge in [-0.3, -0.25) is 9.79 Å². The smallest absolute Gasteiger partial charge is 0.331 e. The van der Waals surface area contributed by atoms with Crippen LogP contribution in [0.1, 0.15) is 62.0 Å². The fraction of sp³-hybridized carbons (Fsp3) is 0.229. The minimum absolute atomic E-state index is 0.0265. The number of esters is 2. The lowest BCUT2D eigenvalue weighted by atomic mass is 10.0. The van der Waals surface area contributed by atoms with Gasteiger partial charge in [-0.25, -0.2) is 4.79 Å². The van der Waals surface area contributed by atoms with Crippen LogP contribution in [0.2, 0.25) is 0 Å². The zero-order valence-electron chi connectivity index (χ0n) is 23.2. The summed E-state index contributed by atoms with van der Waals surface area (Å²) >= 11 is 0. The van der Waals surface area contributed by atoms with Crippen LogP contribution in [-0.4, -0.2) is 29.3 Å². The van der Waals surface area contributed by atoms with Crippen molar-refractivity contribution in [3.63, 3.8) is 0 Å². The van der Waals surface area contributed by atoms with Crippen molar-refractivity contribution in [2.75, 3.05) is 0 Å². The van der Waals surface area contributed by atoms with Crippen molar-refractivity contribution < 1.29 is 19.1 Å². The number of hydrogen-bond acceptors (Lipinski definition) is 5. The number of carbonyl (C=O) groups is 2. The van der Waals surface area contributed by atoms with Crippen LogP contribution in [0.4, 0.5) is 0 Å². The number of aliphatic imine (C=N–C) groups is 1. The maximum atomic E-state index is 13.9. The second-order valence-corrected chi connectivity index (χ2v) is 10.5. The molecule has 0 unspecified atom stereocenters. The lowest BCUT2D eigenvalue weighted by Gasteiger charge is -2.23. The SMILES string of the molecule is CC(C)(C)OC(=O)CC[C@H](N=C(c1ccccc1)c1ccccc1)C(=O)OC(c1ccccc1)c1ccccc1. The van der Waals surface area contributed by atoms with Crippen LogP contribution in [-0.2, 0) is 19.1 Å². The topological polar surface area (TPSA) is 65.0 Å². The van der Waals surface area contributed by atoms with Crippen LogP contribution >= 0.6 is 0 Å². The van der Waals surface area contributed by atoms with E-state index in [-0.39, 0.29) is 18.8 Å². The van der Waals surface area contributed by atoms with Gasteiger partial charge in [0.15, 0.2) is 6.10 Å². The van der Waals surface area contributed by atoms with E-state index in [2.05, 4.69) is 0 Å². The molecule has 5 heteroatoms. The largest absolute Gasteiger partial charge is 0.460 e. The first kappa shape index (κ1) is 28.5. The van der Waals surface area contributed by atoms with Crippen LogP contribution in [0.15, 0.2) is 126 Å². The summed E-state index contributed by atoms with van der Waals surface area (Å²) in [5.74, 6) is -0.894. The lowest BCUT2D eigenvalue weighted by Crippen LogP contribution is -2.28. The van der Waals surface area contributed by atoms with Crippen LogP contribution in [0, 0.1) is 0 Å². The molecule has 0 saturated heterocycles. The van der Waals surface area contributed by atoms with Crippen molar-refractivity contribution in [2.45, 2.75) is 51.4 Å². The fourth-order valence-electron chi connectivity index (χ4n) is 4.32. The quantitative estimate of drug-likeness (QED) is 0.158. The molecule has 5 nitrogen and oxygen atoms in total. The van der Waals surface area contributed by atoms with Gasteiger partial charge in [0, 0.05) is 17.5 Å². The Bertz CT molecular complexity index is 1310. The average Bonchev–Trinajstić information content (AvgIpc) is 2.97. The maximum Gasteiger partial charge on any atom is 0.331 e. The monoisotopic (exact) mass is 533 g/mol. The molecule has 0 radical (unpaired) electrons. The van der Waals surface area contributed by atoms with E-state index in [1.807, 2.05) is 142 Å². The normalized spacial score (nSPS) is 11.9. The molecule has 0 N–H and O–H groups in total. The second kappa shape index (κ2) is 13.5. The first-order valence-corrected chi connectivity index (χ1v) is 13.5. The van der Waals surface area contributed by atoms with Gasteiger partial charge in [0.2, 0.25) is 0 Å². The Morgan fingerprint density at radius 2 is 1.10 bits per heavy atom. The summed E-state index contributed by atoms with van der Waals surface area (Å²) in [5.41, 5.74) is 3.47. The zero-order chi connectivity index (χ0) is 28.4. The van der Waals surface area contributed by atoms with E-state index in [9.17, 15) is 9.59 Å². The predicted molar refractivity (Wildman–Crippen MR) is 158 cm³/mol. The third kappa shape index (κ3) is 8.24. The zero-order valence-corrected chi connectivity index (χ0v) is 23.2. The molecular formula is C35H35NO4. The molecule has 4 aromatic rings. The summed E-state index contributed by atoms with van der Waals surface area (Å²) in [7, 11) is 0. The Morgan fingerprint density at radius 3 is 1.52 bits per heavy atom. The van der Waals surface area contributed by atoms with E-state index in [1.54, 1.807) is 0 Å². The third-order valence-corrected chi connectivity index (χ3v) is 6.13. The first-order valence-electron chi connectivity index (χ1n) is 13.5. The molecule has 40 heavy (non-hydrogen) atoms. The molecule has 0 spiro atoms. The van der Waals surface area contributed by atoms with E-state index < -0.39 is 23.7 Å². The minimum Gasteiger partial charge on any atom is -0.460 e. The Labute approximate surface area is 236 Å². The van der Waals surface area contributed by atoms with E-state index in [0.717, 1.165) is 22.3 Å². The lowest BCUT2D eigenvalue weighted by molar-refractivity contribution is -0.155. The Kier molecular flexibility index (Phi) is 9.63. The van der Waals surface area contributed by atoms with E-state index in [1.165, 1.54) is 0 Å². The van der Waals surface area contributed by atoms with Crippen LogP contribution in [0.3, 0.4) is 0 Å². The van der Waals surface area contributed by atoms with Crippen LogP contribution in [0.5, 0.6) is 0 Å². The Morgan fingerprint density at radius 1 is 0.675 bits per heavy atom. The second-order valence-electron chi connectivity index (χ2n) is 10.5. The van der Waals surface area contributed by atoms with Crippen LogP contribution < -0.4 is 0 Å². The van der Waals surface area contributed by atoms with Crippen molar-refractivity contribution in [3.8, 4) is 0 Å². The van der Waals surface area contributed by atoms with Gasteiger partial charge in [0.25, 0.3) is 0 Å². The van der Waals surface area contributed by atoms with Crippen molar-refractivity contribution in [3.05, 3.63) is 144 Å². The number of nitrogens with zero attached hydrogens (tertiary/aromatic N) is 1. The fourth-order valence-corrected chi connectivity index (χ4v) is 4.32. The number of hydrogen-bond donors (Lipinski definition) is 0. The summed E-state index contributed by atoms with van der Waals surface area (Å²) < 4.78 is 11.7. The molecule has 4 rings (SSSR count). The summed E-state index contributed by atoms with van der Waals surface area (Å²) in [4.78, 5) is 31.5. The highest BCUT2D eigenvalue weighted by Crippen LogP contribution is 2.27. The van der Waals surface area contributed by atoms with Crippen LogP contribution in [0.25, 0.3) is 0 Å².